The summed E-state index contributed by atoms with van der Waals surface area (Å²) in [6.07, 6.45) is -0.717. The summed E-state index contributed by atoms with van der Waals surface area (Å²) in [4.78, 5) is 42.6. The minimum Gasteiger partial charge on any atom is -0.465 e. The van der Waals surface area contributed by atoms with Gasteiger partial charge in [-0.25, -0.2) is 4.79 Å². The summed E-state index contributed by atoms with van der Waals surface area (Å²) in [5.74, 6) is -0.896. The van der Waals surface area contributed by atoms with E-state index in [1.165, 1.54) is 4.90 Å². The molecule has 0 aliphatic carbocycles. The van der Waals surface area contributed by atoms with Gasteiger partial charge in [-0.2, -0.15) is 0 Å². The Balaban J connectivity index is 1.69. The fourth-order valence-electron chi connectivity index (χ4n) is 5.43. The first-order valence-electron chi connectivity index (χ1n) is 11.3. The van der Waals surface area contributed by atoms with E-state index in [9.17, 15) is 19.5 Å². The molecule has 2 N–H and O–H groups in total. The van der Waals surface area contributed by atoms with Crippen molar-refractivity contribution >= 4 is 17.9 Å². The van der Waals surface area contributed by atoms with E-state index in [0.29, 0.717) is 6.42 Å². The van der Waals surface area contributed by atoms with Gasteiger partial charge in [0.05, 0.1) is 6.04 Å². The lowest BCUT2D eigenvalue weighted by atomic mass is 9.75. The Bertz CT molecular complexity index is 1160. The number of hydrogen-bond donors (Lipinski definition) is 2. The van der Waals surface area contributed by atoms with Gasteiger partial charge in [0.25, 0.3) is 5.91 Å². The van der Waals surface area contributed by atoms with Crippen molar-refractivity contribution in [1.29, 1.82) is 0 Å². The smallest absolute Gasteiger partial charge is 0.407 e. The molecule has 2 unspecified atom stereocenters. The Morgan fingerprint density at radius 2 is 1.38 bits per heavy atom. The SMILES string of the molecule is O=C1NC(=O)C(c2ccccc2)(c2ccccc2)N2CCN(C(=O)O)C(Cc3ccccc3)C12. The van der Waals surface area contributed by atoms with E-state index in [0.717, 1.165) is 16.7 Å². The van der Waals surface area contributed by atoms with Crippen LogP contribution in [0.5, 0.6) is 0 Å². The number of carboxylic acid groups (broad SMARTS) is 1. The summed E-state index contributed by atoms with van der Waals surface area (Å²) >= 11 is 0. The van der Waals surface area contributed by atoms with E-state index in [1.807, 2.05) is 95.9 Å². The fourth-order valence-corrected chi connectivity index (χ4v) is 5.43. The molecule has 2 aliphatic heterocycles. The number of carbonyl (C=O) groups excluding carboxylic acids is 2. The zero-order chi connectivity index (χ0) is 23.7. The maximum atomic E-state index is 13.8. The van der Waals surface area contributed by atoms with Gasteiger partial charge in [-0.05, 0) is 23.1 Å². The lowest BCUT2D eigenvalue weighted by Crippen LogP contribution is -2.77. The van der Waals surface area contributed by atoms with Gasteiger partial charge in [-0.1, -0.05) is 91.0 Å². The largest absolute Gasteiger partial charge is 0.465 e. The standard InChI is InChI=1S/C27H25N3O4/c31-24-23-22(18-19-10-4-1-5-11-19)29(26(33)34)16-17-30(23)27(25(32)28-24,20-12-6-2-7-13-20)21-14-8-3-9-15-21/h1-15,22-23H,16-18H2,(H,33,34)(H,28,31,32). The molecule has 0 bridgehead atoms. The number of piperazine rings is 2. The van der Waals surface area contributed by atoms with Crippen LogP contribution in [0.15, 0.2) is 91.0 Å². The predicted octanol–water partition coefficient (Wildman–Crippen LogP) is 2.86. The van der Waals surface area contributed by atoms with Crippen LogP contribution in [0.2, 0.25) is 0 Å². The molecule has 0 saturated carbocycles. The number of amides is 3. The highest BCUT2D eigenvalue weighted by atomic mass is 16.4. The summed E-state index contributed by atoms with van der Waals surface area (Å²) in [5, 5.41) is 12.6. The number of nitrogens with one attached hydrogen (secondary N) is 1. The van der Waals surface area contributed by atoms with Gasteiger partial charge in [-0.15, -0.1) is 0 Å². The molecule has 5 rings (SSSR count). The molecule has 2 heterocycles. The third-order valence-electron chi connectivity index (χ3n) is 6.86. The minimum absolute atomic E-state index is 0.186. The summed E-state index contributed by atoms with van der Waals surface area (Å²) in [5.41, 5.74) is 1.13. The van der Waals surface area contributed by atoms with E-state index >= 15 is 0 Å². The second kappa shape index (κ2) is 8.76. The fraction of sp³-hybridized carbons (Fsp3) is 0.222. The summed E-state index contributed by atoms with van der Waals surface area (Å²) in [7, 11) is 0. The van der Waals surface area contributed by atoms with Crippen LogP contribution in [0.1, 0.15) is 16.7 Å². The van der Waals surface area contributed by atoms with Crippen LogP contribution in [-0.4, -0.2) is 58.0 Å². The molecule has 7 heteroatoms. The Morgan fingerprint density at radius 3 is 1.91 bits per heavy atom. The van der Waals surface area contributed by atoms with Gasteiger partial charge in [-0.3, -0.25) is 19.8 Å². The highest BCUT2D eigenvalue weighted by Crippen LogP contribution is 2.42. The molecule has 172 valence electrons. The van der Waals surface area contributed by atoms with Crippen LogP contribution < -0.4 is 5.32 Å². The van der Waals surface area contributed by atoms with Crippen molar-refractivity contribution in [2.75, 3.05) is 13.1 Å². The molecule has 3 aromatic carbocycles. The normalized spacial score (nSPS) is 22.1. The lowest BCUT2D eigenvalue weighted by Gasteiger charge is -2.55. The van der Waals surface area contributed by atoms with Crippen LogP contribution in [0.3, 0.4) is 0 Å². The molecule has 7 nitrogen and oxygen atoms in total. The van der Waals surface area contributed by atoms with Crippen LogP contribution in [0.4, 0.5) is 4.79 Å². The molecular formula is C27H25N3O4. The van der Waals surface area contributed by atoms with Crippen LogP contribution in [-0.2, 0) is 21.5 Å². The summed E-state index contributed by atoms with van der Waals surface area (Å²) in [6, 6.07) is 26.8. The second-order valence-corrected chi connectivity index (χ2v) is 8.63. The number of hydrogen-bond acceptors (Lipinski definition) is 4. The highest BCUT2D eigenvalue weighted by molar-refractivity contribution is 6.07. The van der Waals surface area contributed by atoms with Crippen LogP contribution in [0.25, 0.3) is 0 Å². The van der Waals surface area contributed by atoms with E-state index in [1.54, 1.807) is 0 Å². The zero-order valence-electron chi connectivity index (χ0n) is 18.5. The van der Waals surface area contributed by atoms with Gasteiger partial charge in [0.2, 0.25) is 5.91 Å². The van der Waals surface area contributed by atoms with Crippen molar-refractivity contribution in [1.82, 2.24) is 15.1 Å². The number of rotatable bonds is 4. The molecule has 2 saturated heterocycles. The van der Waals surface area contributed by atoms with E-state index in [4.69, 9.17) is 0 Å². The third kappa shape index (κ3) is 3.45. The molecule has 0 radical (unpaired) electrons. The summed E-state index contributed by atoms with van der Waals surface area (Å²) in [6.45, 7) is 0.427. The number of fused-ring (bicyclic) bond motifs is 1. The first-order valence-corrected chi connectivity index (χ1v) is 11.3. The Kier molecular flexibility index (Phi) is 5.63. The quantitative estimate of drug-likeness (QED) is 0.591. The third-order valence-corrected chi connectivity index (χ3v) is 6.86. The van der Waals surface area contributed by atoms with Crippen molar-refractivity contribution in [3.8, 4) is 0 Å². The molecule has 3 aromatic rings. The van der Waals surface area contributed by atoms with Crippen molar-refractivity contribution in [2.45, 2.75) is 24.0 Å². The van der Waals surface area contributed by atoms with Crippen molar-refractivity contribution in [3.63, 3.8) is 0 Å². The van der Waals surface area contributed by atoms with Crippen molar-refractivity contribution in [3.05, 3.63) is 108 Å². The van der Waals surface area contributed by atoms with E-state index < -0.39 is 35.5 Å². The number of nitrogens with zero attached hydrogens (tertiary/aromatic N) is 2. The molecule has 2 aliphatic rings. The number of benzene rings is 3. The molecule has 0 spiro atoms. The second-order valence-electron chi connectivity index (χ2n) is 8.63. The van der Waals surface area contributed by atoms with Gasteiger partial charge in [0.1, 0.15) is 6.04 Å². The highest BCUT2D eigenvalue weighted by Gasteiger charge is 2.59. The molecule has 3 amide bonds. The Labute approximate surface area is 197 Å². The van der Waals surface area contributed by atoms with Crippen molar-refractivity contribution in [2.24, 2.45) is 0 Å². The molecule has 2 atom stereocenters. The molecule has 0 aromatic heterocycles. The van der Waals surface area contributed by atoms with Gasteiger partial charge < -0.3 is 10.0 Å². The average molecular weight is 456 g/mol. The first-order chi connectivity index (χ1) is 16.5. The number of carbonyl (C=O) groups is 3. The lowest BCUT2D eigenvalue weighted by molar-refractivity contribution is -0.157. The monoisotopic (exact) mass is 455 g/mol. The Hall–Kier alpha value is -3.97. The Morgan fingerprint density at radius 1 is 0.853 bits per heavy atom. The van der Waals surface area contributed by atoms with Crippen LogP contribution >= 0.6 is 0 Å². The maximum Gasteiger partial charge on any atom is 0.407 e. The minimum atomic E-state index is -1.26. The maximum absolute atomic E-state index is 13.8. The predicted molar refractivity (Wildman–Crippen MR) is 126 cm³/mol. The average Bonchev–Trinajstić information content (AvgIpc) is 2.86. The molecule has 34 heavy (non-hydrogen) atoms. The molecule has 2 fully saturated rings. The summed E-state index contributed by atoms with van der Waals surface area (Å²) < 4.78 is 0. The van der Waals surface area contributed by atoms with Gasteiger partial charge in [0.15, 0.2) is 5.54 Å². The topological polar surface area (TPSA) is 90.0 Å². The zero-order valence-corrected chi connectivity index (χ0v) is 18.5. The van der Waals surface area contributed by atoms with Gasteiger partial charge in [0, 0.05) is 13.1 Å². The first kappa shape index (κ1) is 21.9. The number of imide groups is 1. The van der Waals surface area contributed by atoms with Crippen molar-refractivity contribution < 1.29 is 19.5 Å². The molecular weight excluding hydrogens is 430 g/mol. The van der Waals surface area contributed by atoms with E-state index in [-0.39, 0.29) is 13.1 Å². The van der Waals surface area contributed by atoms with Crippen LogP contribution in [0, 0.1) is 0 Å². The van der Waals surface area contributed by atoms with Gasteiger partial charge >= 0.3 is 6.09 Å². The van der Waals surface area contributed by atoms with E-state index in [2.05, 4.69) is 5.32 Å².